The van der Waals surface area contributed by atoms with Gasteiger partial charge in [-0.05, 0) is 19.3 Å². The van der Waals surface area contributed by atoms with Crippen LogP contribution in [-0.2, 0) is 0 Å². The first-order chi connectivity index (χ1) is 4.74. The van der Waals surface area contributed by atoms with Gasteiger partial charge in [0.15, 0.2) is 0 Å². The van der Waals surface area contributed by atoms with Crippen LogP contribution >= 0.6 is 11.6 Å². The van der Waals surface area contributed by atoms with E-state index in [9.17, 15) is 0 Å². The zero-order chi connectivity index (χ0) is 7.56. The van der Waals surface area contributed by atoms with Crippen LogP contribution in [-0.4, -0.2) is 16.6 Å². The third-order valence-corrected chi connectivity index (χ3v) is 2.39. The first-order valence-corrected chi connectivity index (χ1v) is 3.89. The number of rotatable bonds is 0. The van der Waals surface area contributed by atoms with E-state index >= 15 is 0 Å². The Hall–Kier alpha value is -0.260. The lowest BCUT2D eigenvalue weighted by atomic mass is 9.88. The number of halogens is 1. The van der Waals surface area contributed by atoms with E-state index in [0.717, 1.165) is 12.8 Å². The SMILES string of the molecule is N#CC1CCC(O)CC1Cl. The summed E-state index contributed by atoms with van der Waals surface area (Å²) in [6, 6.07) is 2.13. The van der Waals surface area contributed by atoms with Crippen LogP contribution in [0.4, 0.5) is 0 Å². The van der Waals surface area contributed by atoms with E-state index in [0.29, 0.717) is 6.42 Å². The highest BCUT2D eigenvalue weighted by atomic mass is 35.5. The Balaban J connectivity index is 2.45. The Morgan fingerprint density at radius 3 is 2.70 bits per heavy atom. The molecule has 0 saturated heterocycles. The summed E-state index contributed by atoms with van der Waals surface area (Å²) in [4.78, 5) is 0. The van der Waals surface area contributed by atoms with Crippen molar-refractivity contribution < 1.29 is 5.11 Å². The molecular weight excluding hydrogens is 150 g/mol. The number of hydrogen-bond acceptors (Lipinski definition) is 2. The first kappa shape index (κ1) is 7.84. The lowest BCUT2D eigenvalue weighted by Gasteiger charge is -2.25. The van der Waals surface area contributed by atoms with Crippen molar-refractivity contribution in [2.24, 2.45) is 5.92 Å². The average molecular weight is 160 g/mol. The molecule has 0 aromatic heterocycles. The normalized spacial score (nSPS) is 40.7. The lowest BCUT2D eigenvalue weighted by molar-refractivity contribution is 0.121. The number of alkyl halides is 1. The molecular formula is C7H10ClNO. The van der Waals surface area contributed by atoms with Crippen molar-refractivity contribution in [2.45, 2.75) is 30.7 Å². The van der Waals surface area contributed by atoms with Crippen LogP contribution < -0.4 is 0 Å². The molecule has 3 unspecified atom stereocenters. The Morgan fingerprint density at radius 2 is 2.20 bits per heavy atom. The largest absolute Gasteiger partial charge is 0.393 e. The Morgan fingerprint density at radius 1 is 1.50 bits per heavy atom. The highest BCUT2D eigenvalue weighted by Gasteiger charge is 2.27. The summed E-state index contributed by atoms with van der Waals surface area (Å²) in [7, 11) is 0. The monoisotopic (exact) mass is 159 g/mol. The van der Waals surface area contributed by atoms with Gasteiger partial charge in [0, 0.05) is 0 Å². The molecule has 0 aliphatic heterocycles. The number of hydrogen-bond donors (Lipinski definition) is 1. The zero-order valence-corrected chi connectivity index (χ0v) is 6.38. The molecule has 1 aliphatic carbocycles. The lowest BCUT2D eigenvalue weighted by Crippen LogP contribution is -2.27. The van der Waals surface area contributed by atoms with Gasteiger partial charge in [-0.3, -0.25) is 0 Å². The van der Waals surface area contributed by atoms with E-state index in [2.05, 4.69) is 6.07 Å². The Bertz CT molecular complexity index is 154. The first-order valence-electron chi connectivity index (χ1n) is 3.46. The summed E-state index contributed by atoms with van der Waals surface area (Å²) in [5, 5.41) is 17.5. The van der Waals surface area contributed by atoms with Gasteiger partial charge in [-0.2, -0.15) is 5.26 Å². The third kappa shape index (κ3) is 1.62. The van der Waals surface area contributed by atoms with Gasteiger partial charge in [-0.1, -0.05) is 0 Å². The molecule has 2 nitrogen and oxygen atoms in total. The standard InChI is InChI=1S/C7H10ClNO/c8-7-3-6(10)2-1-5(7)4-9/h5-7,10H,1-3H2. The van der Waals surface area contributed by atoms with Gasteiger partial charge in [0.25, 0.3) is 0 Å². The molecule has 1 fully saturated rings. The molecule has 1 N–H and O–H groups in total. The number of nitriles is 1. The minimum Gasteiger partial charge on any atom is -0.393 e. The molecule has 1 aliphatic rings. The topological polar surface area (TPSA) is 44.0 Å². The van der Waals surface area contributed by atoms with E-state index in [4.69, 9.17) is 22.0 Å². The van der Waals surface area contributed by atoms with Gasteiger partial charge >= 0.3 is 0 Å². The summed E-state index contributed by atoms with van der Waals surface area (Å²) < 4.78 is 0. The zero-order valence-electron chi connectivity index (χ0n) is 5.63. The summed E-state index contributed by atoms with van der Waals surface area (Å²) >= 11 is 5.80. The Labute approximate surface area is 65.4 Å². The molecule has 1 saturated carbocycles. The highest BCUT2D eigenvalue weighted by Crippen LogP contribution is 2.27. The van der Waals surface area contributed by atoms with Crippen LogP contribution in [0.15, 0.2) is 0 Å². The minimum absolute atomic E-state index is 0.0509. The summed E-state index contributed by atoms with van der Waals surface area (Å²) in [5.41, 5.74) is 0. The van der Waals surface area contributed by atoms with Crippen molar-refractivity contribution in [3.63, 3.8) is 0 Å². The molecule has 1 rings (SSSR count). The Kier molecular flexibility index (Phi) is 2.53. The third-order valence-electron chi connectivity index (χ3n) is 1.91. The predicted molar refractivity (Wildman–Crippen MR) is 38.6 cm³/mol. The van der Waals surface area contributed by atoms with Gasteiger partial charge in [0.1, 0.15) is 0 Å². The van der Waals surface area contributed by atoms with E-state index in [1.54, 1.807) is 0 Å². The van der Waals surface area contributed by atoms with E-state index in [1.807, 2.05) is 0 Å². The molecule has 3 atom stereocenters. The van der Waals surface area contributed by atoms with Crippen molar-refractivity contribution >= 4 is 11.6 Å². The summed E-state index contributed by atoms with van der Waals surface area (Å²) in [6.07, 6.45) is 1.75. The fourth-order valence-electron chi connectivity index (χ4n) is 1.24. The van der Waals surface area contributed by atoms with Crippen molar-refractivity contribution in [2.75, 3.05) is 0 Å². The molecule has 0 bridgehead atoms. The molecule has 0 aromatic rings. The van der Waals surface area contributed by atoms with Gasteiger partial charge in [-0.25, -0.2) is 0 Å². The van der Waals surface area contributed by atoms with E-state index in [-0.39, 0.29) is 17.4 Å². The van der Waals surface area contributed by atoms with Gasteiger partial charge in [-0.15, -0.1) is 11.6 Å². The molecule has 56 valence electrons. The van der Waals surface area contributed by atoms with E-state index in [1.165, 1.54) is 0 Å². The van der Waals surface area contributed by atoms with Gasteiger partial charge in [0.2, 0.25) is 0 Å². The van der Waals surface area contributed by atoms with Crippen LogP contribution in [0.25, 0.3) is 0 Å². The van der Waals surface area contributed by atoms with E-state index < -0.39 is 0 Å². The van der Waals surface area contributed by atoms with Gasteiger partial charge < -0.3 is 5.11 Å². The molecule has 0 spiro atoms. The van der Waals surface area contributed by atoms with Crippen LogP contribution in [0.5, 0.6) is 0 Å². The predicted octanol–water partition coefficient (Wildman–Crippen LogP) is 1.28. The van der Waals surface area contributed by atoms with Crippen LogP contribution in [0.2, 0.25) is 0 Å². The molecule has 0 heterocycles. The number of nitrogens with zero attached hydrogens (tertiary/aromatic N) is 1. The minimum atomic E-state index is -0.285. The molecule has 0 radical (unpaired) electrons. The second-order valence-electron chi connectivity index (χ2n) is 2.72. The van der Waals surface area contributed by atoms with Crippen molar-refractivity contribution in [1.29, 1.82) is 5.26 Å². The number of aliphatic hydroxyl groups is 1. The van der Waals surface area contributed by atoms with Crippen molar-refractivity contribution in [1.82, 2.24) is 0 Å². The molecule has 0 amide bonds. The average Bonchev–Trinajstić information content (AvgIpc) is 1.88. The highest BCUT2D eigenvalue weighted by molar-refractivity contribution is 6.21. The second-order valence-corrected chi connectivity index (χ2v) is 3.28. The second kappa shape index (κ2) is 3.23. The maximum atomic E-state index is 9.10. The smallest absolute Gasteiger partial charge is 0.0671 e. The van der Waals surface area contributed by atoms with Crippen molar-refractivity contribution in [3.8, 4) is 6.07 Å². The maximum Gasteiger partial charge on any atom is 0.0671 e. The fourth-order valence-corrected chi connectivity index (χ4v) is 1.63. The number of aliphatic hydroxyl groups excluding tert-OH is 1. The maximum absolute atomic E-state index is 9.10. The summed E-state index contributed by atoms with van der Waals surface area (Å²) in [5.74, 6) is -0.0509. The quantitative estimate of drug-likeness (QED) is 0.541. The molecule has 3 heteroatoms. The molecule has 0 aromatic carbocycles. The van der Waals surface area contributed by atoms with Crippen molar-refractivity contribution in [3.05, 3.63) is 0 Å². The van der Waals surface area contributed by atoms with Crippen LogP contribution in [0.3, 0.4) is 0 Å². The van der Waals surface area contributed by atoms with Crippen LogP contribution in [0, 0.1) is 17.2 Å². The van der Waals surface area contributed by atoms with Crippen LogP contribution in [0.1, 0.15) is 19.3 Å². The summed E-state index contributed by atoms with van der Waals surface area (Å²) in [6.45, 7) is 0. The van der Waals surface area contributed by atoms with Gasteiger partial charge in [0.05, 0.1) is 23.5 Å². The fraction of sp³-hybridized carbons (Fsp3) is 0.857. The molecule has 10 heavy (non-hydrogen) atoms.